The summed E-state index contributed by atoms with van der Waals surface area (Å²) in [6, 6.07) is 0. The van der Waals surface area contributed by atoms with Gasteiger partial charge in [-0.05, 0) is 20.8 Å². The van der Waals surface area contributed by atoms with Crippen molar-refractivity contribution < 1.29 is 9.47 Å². The molecule has 0 fully saturated rings. The molecule has 15 heavy (non-hydrogen) atoms. The van der Waals surface area contributed by atoms with Crippen molar-refractivity contribution in [2.24, 2.45) is 0 Å². The lowest BCUT2D eigenvalue weighted by Crippen LogP contribution is -2.05. The minimum absolute atomic E-state index is 0.693. The van der Waals surface area contributed by atoms with E-state index < -0.39 is 0 Å². The third-order valence-electron chi connectivity index (χ3n) is 2.43. The molecule has 0 radical (unpaired) electrons. The fraction of sp³-hybridized carbons (Fsp3) is 0.583. The number of pyridine rings is 1. The van der Waals surface area contributed by atoms with E-state index in [4.69, 9.17) is 9.47 Å². The molecule has 1 heterocycles. The Balaban J connectivity index is 2.63. The fourth-order valence-corrected chi connectivity index (χ4v) is 1.41. The summed E-state index contributed by atoms with van der Waals surface area (Å²) in [7, 11) is 1.70. The predicted molar refractivity (Wildman–Crippen MR) is 60.4 cm³/mol. The molecular formula is C12H19NO2. The van der Waals surface area contributed by atoms with Crippen LogP contribution in [0.1, 0.15) is 23.2 Å². The first-order valence-electron chi connectivity index (χ1n) is 5.21. The van der Waals surface area contributed by atoms with E-state index in [9.17, 15) is 0 Å². The summed E-state index contributed by atoms with van der Waals surface area (Å²) in [4.78, 5) is 4.28. The number of ether oxygens (including phenoxy) is 2. The molecule has 84 valence electrons. The first-order valence-corrected chi connectivity index (χ1v) is 5.21. The Kier molecular flexibility index (Phi) is 4.56. The first kappa shape index (κ1) is 12.0. The highest BCUT2D eigenvalue weighted by Crippen LogP contribution is 2.23. The Morgan fingerprint density at radius 2 is 1.93 bits per heavy atom. The summed E-state index contributed by atoms with van der Waals surface area (Å²) in [5.41, 5.74) is 3.25. The minimum atomic E-state index is 0.693. The van der Waals surface area contributed by atoms with E-state index in [0.29, 0.717) is 6.61 Å². The summed E-state index contributed by atoms with van der Waals surface area (Å²) < 4.78 is 10.7. The van der Waals surface area contributed by atoms with E-state index in [0.717, 1.165) is 35.6 Å². The van der Waals surface area contributed by atoms with Gasteiger partial charge >= 0.3 is 0 Å². The second-order valence-corrected chi connectivity index (χ2v) is 3.68. The molecule has 1 rings (SSSR count). The van der Waals surface area contributed by atoms with Crippen LogP contribution in [0.15, 0.2) is 6.20 Å². The summed E-state index contributed by atoms with van der Waals surface area (Å²) in [6.07, 6.45) is 2.77. The molecule has 1 aromatic rings. The van der Waals surface area contributed by atoms with Crippen molar-refractivity contribution >= 4 is 0 Å². The standard InChI is InChI=1S/C12H19NO2/c1-9-8-13-11(3)10(2)12(9)15-7-5-6-14-4/h8H,5-7H2,1-4H3. The smallest absolute Gasteiger partial charge is 0.128 e. The van der Waals surface area contributed by atoms with Gasteiger partial charge in [0.1, 0.15) is 5.75 Å². The van der Waals surface area contributed by atoms with Crippen molar-refractivity contribution in [1.82, 2.24) is 4.98 Å². The minimum Gasteiger partial charge on any atom is -0.493 e. The molecule has 0 aromatic carbocycles. The monoisotopic (exact) mass is 209 g/mol. The van der Waals surface area contributed by atoms with Gasteiger partial charge in [-0.25, -0.2) is 0 Å². The fourth-order valence-electron chi connectivity index (χ4n) is 1.41. The quantitative estimate of drug-likeness (QED) is 0.698. The molecule has 0 amide bonds. The van der Waals surface area contributed by atoms with Gasteiger partial charge in [0, 0.05) is 43.2 Å². The Bertz CT molecular complexity index is 324. The van der Waals surface area contributed by atoms with Crippen LogP contribution in [0.25, 0.3) is 0 Å². The zero-order valence-electron chi connectivity index (χ0n) is 9.96. The maximum Gasteiger partial charge on any atom is 0.128 e. The highest BCUT2D eigenvalue weighted by molar-refractivity contribution is 5.40. The number of hydrogen-bond acceptors (Lipinski definition) is 3. The van der Waals surface area contributed by atoms with Gasteiger partial charge in [0.05, 0.1) is 6.61 Å². The Hall–Kier alpha value is -1.09. The highest BCUT2D eigenvalue weighted by atomic mass is 16.5. The van der Waals surface area contributed by atoms with Crippen LogP contribution in [0.4, 0.5) is 0 Å². The van der Waals surface area contributed by atoms with Crippen molar-refractivity contribution in [1.29, 1.82) is 0 Å². The lowest BCUT2D eigenvalue weighted by Gasteiger charge is -2.12. The molecule has 1 aromatic heterocycles. The van der Waals surface area contributed by atoms with Crippen molar-refractivity contribution in [2.45, 2.75) is 27.2 Å². The van der Waals surface area contributed by atoms with Gasteiger partial charge < -0.3 is 9.47 Å². The maximum absolute atomic E-state index is 5.73. The third-order valence-corrected chi connectivity index (χ3v) is 2.43. The third kappa shape index (κ3) is 3.20. The van der Waals surface area contributed by atoms with E-state index in [2.05, 4.69) is 4.98 Å². The predicted octanol–water partition coefficient (Wildman–Crippen LogP) is 2.42. The van der Waals surface area contributed by atoms with Crippen molar-refractivity contribution in [3.05, 3.63) is 23.0 Å². The molecule has 0 unspecified atom stereocenters. The van der Waals surface area contributed by atoms with Gasteiger partial charge in [0.2, 0.25) is 0 Å². The molecule has 0 saturated carbocycles. The summed E-state index contributed by atoms with van der Waals surface area (Å²) in [5, 5.41) is 0. The summed E-state index contributed by atoms with van der Waals surface area (Å²) in [6.45, 7) is 7.49. The van der Waals surface area contributed by atoms with E-state index in [1.54, 1.807) is 7.11 Å². The number of aromatic nitrogens is 1. The second kappa shape index (κ2) is 5.71. The largest absolute Gasteiger partial charge is 0.493 e. The number of aryl methyl sites for hydroxylation is 2. The topological polar surface area (TPSA) is 31.4 Å². The van der Waals surface area contributed by atoms with Crippen LogP contribution in [0.2, 0.25) is 0 Å². The molecule has 0 aliphatic carbocycles. The Morgan fingerprint density at radius 1 is 1.20 bits per heavy atom. The highest BCUT2D eigenvalue weighted by Gasteiger charge is 2.06. The van der Waals surface area contributed by atoms with Gasteiger partial charge in [-0.3, -0.25) is 4.98 Å². The van der Waals surface area contributed by atoms with Crippen molar-refractivity contribution in [2.75, 3.05) is 20.3 Å². The molecule has 0 saturated heterocycles. The molecule has 0 spiro atoms. The van der Waals surface area contributed by atoms with Gasteiger partial charge in [-0.2, -0.15) is 0 Å². The van der Waals surface area contributed by atoms with E-state index >= 15 is 0 Å². The normalized spacial score (nSPS) is 10.4. The van der Waals surface area contributed by atoms with Gasteiger partial charge in [0.15, 0.2) is 0 Å². The lowest BCUT2D eigenvalue weighted by molar-refractivity contribution is 0.171. The molecule has 0 atom stereocenters. The van der Waals surface area contributed by atoms with Crippen LogP contribution in [-0.2, 0) is 4.74 Å². The Labute approximate surface area is 91.4 Å². The zero-order chi connectivity index (χ0) is 11.3. The molecule has 3 nitrogen and oxygen atoms in total. The van der Waals surface area contributed by atoms with E-state index in [1.165, 1.54) is 0 Å². The SMILES string of the molecule is COCCCOc1c(C)cnc(C)c1C. The summed E-state index contributed by atoms with van der Waals surface area (Å²) in [5.74, 6) is 0.971. The maximum atomic E-state index is 5.73. The first-order chi connectivity index (χ1) is 7.16. The van der Waals surface area contributed by atoms with Crippen molar-refractivity contribution in [3.63, 3.8) is 0 Å². The molecular weight excluding hydrogens is 190 g/mol. The summed E-state index contributed by atoms with van der Waals surface area (Å²) >= 11 is 0. The molecule has 3 heteroatoms. The van der Waals surface area contributed by atoms with Crippen LogP contribution >= 0.6 is 0 Å². The van der Waals surface area contributed by atoms with E-state index in [-0.39, 0.29) is 0 Å². The lowest BCUT2D eigenvalue weighted by atomic mass is 10.1. The van der Waals surface area contributed by atoms with Gasteiger partial charge in [-0.1, -0.05) is 0 Å². The van der Waals surface area contributed by atoms with Crippen LogP contribution in [-0.4, -0.2) is 25.3 Å². The second-order valence-electron chi connectivity index (χ2n) is 3.68. The van der Waals surface area contributed by atoms with Gasteiger partial charge in [0.25, 0.3) is 0 Å². The molecule has 0 aliphatic heterocycles. The van der Waals surface area contributed by atoms with E-state index in [1.807, 2.05) is 27.0 Å². The molecule has 0 N–H and O–H groups in total. The van der Waals surface area contributed by atoms with Crippen LogP contribution in [0.5, 0.6) is 5.75 Å². The number of methoxy groups -OCH3 is 1. The van der Waals surface area contributed by atoms with Crippen LogP contribution in [0, 0.1) is 20.8 Å². The average molecular weight is 209 g/mol. The molecule has 0 aliphatic rings. The van der Waals surface area contributed by atoms with Crippen molar-refractivity contribution in [3.8, 4) is 5.75 Å². The zero-order valence-corrected chi connectivity index (χ0v) is 9.96. The van der Waals surface area contributed by atoms with Crippen LogP contribution in [0.3, 0.4) is 0 Å². The number of nitrogens with zero attached hydrogens (tertiary/aromatic N) is 1. The molecule has 0 bridgehead atoms. The number of hydrogen-bond donors (Lipinski definition) is 0. The van der Waals surface area contributed by atoms with Gasteiger partial charge in [-0.15, -0.1) is 0 Å². The average Bonchev–Trinajstić information content (AvgIpc) is 2.23. The Morgan fingerprint density at radius 3 is 2.60 bits per heavy atom. The number of rotatable bonds is 5. The van der Waals surface area contributed by atoms with Crippen LogP contribution < -0.4 is 4.74 Å².